The lowest BCUT2D eigenvalue weighted by atomic mass is 10.2. The maximum Gasteiger partial charge on any atom is 0.436 e. The Kier molecular flexibility index (Phi) is 5.95. The first kappa shape index (κ1) is 19.2. The molecule has 1 atom stereocenters. The van der Waals surface area contributed by atoms with E-state index in [-0.39, 0.29) is 10.4 Å². The highest BCUT2D eigenvalue weighted by Crippen LogP contribution is 2.36. The van der Waals surface area contributed by atoms with Crippen LogP contribution in [0.1, 0.15) is 37.7 Å². The van der Waals surface area contributed by atoms with Crippen molar-refractivity contribution in [2.45, 2.75) is 39.4 Å². The molecule has 1 aromatic rings. The van der Waals surface area contributed by atoms with Crippen molar-refractivity contribution in [2.75, 3.05) is 32.7 Å². The van der Waals surface area contributed by atoms with Gasteiger partial charge in [0.25, 0.3) is 0 Å². The third kappa shape index (κ3) is 3.93. The molecule has 5 nitrogen and oxygen atoms in total. The standard InChI is InChI=1S/C15H22BrF3N4O/c1-4-5-21-6-8-22(9-7-21)14(24)11(3)23-10(2)12(16)13(20-23)15(17,18)19/h11H,4-9H2,1-3H3. The summed E-state index contributed by atoms with van der Waals surface area (Å²) in [6, 6.07) is -0.768. The van der Waals surface area contributed by atoms with E-state index < -0.39 is 17.9 Å². The van der Waals surface area contributed by atoms with Crippen LogP contribution in [-0.4, -0.2) is 58.2 Å². The van der Waals surface area contributed by atoms with Gasteiger partial charge in [0.05, 0.1) is 10.2 Å². The first-order valence-electron chi connectivity index (χ1n) is 7.99. The molecule has 1 saturated heterocycles. The van der Waals surface area contributed by atoms with Crippen molar-refractivity contribution >= 4 is 21.8 Å². The van der Waals surface area contributed by atoms with Gasteiger partial charge in [0.15, 0.2) is 5.69 Å². The highest BCUT2D eigenvalue weighted by Gasteiger charge is 2.39. The second kappa shape index (κ2) is 7.43. The molecule has 1 unspecified atom stereocenters. The maximum atomic E-state index is 13.0. The minimum atomic E-state index is -4.55. The van der Waals surface area contributed by atoms with Gasteiger partial charge in [-0.25, -0.2) is 0 Å². The normalized spacial score (nSPS) is 18.0. The molecule has 0 aliphatic carbocycles. The Balaban J connectivity index is 2.12. The van der Waals surface area contributed by atoms with Crippen LogP contribution >= 0.6 is 15.9 Å². The third-order valence-electron chi connectivity index (χ3n) is 4.29. The second-order valence-corrected chi connectivity index (χ2v) is 6.83. The van der Waals surface area contributed by atoms with Gasteiger partial charge in [-0.3, -0.25) is 14.4 Å². The molecule has 1 aliphatic rings. The van der Waals surface area contributed by atoms with E-state index in [1.807, 2.05) is 0 Å². The Morgan fingerprint density at radius 2 is 1.88 bits per heavy atom. The van der Waals surface area contributed by atoms with Gasteiger partial charge in [-0.15, -0.1) is 0 Å². The van der Waals surface area contributed by atoms with Crippen LogP contribution in [0, 0.1) is 6.92 Å². The molecule has 0 bridgehead atoms. The van der Waals surface area contributed by atoms with Gasteiger partial charge in [0, 0.05) is 26.2 Å². The summed E-state index contributed by atoms with van der Waals surface area (Å²) in [5.74, 6) is -0.196. The summed E-state index contributed by atoms with van der Waals surface area (Å²) >= 11 is 2.94. The molecule has 1 aliphatic heterocycles. The number of carbonyl (C=O) groups excluding carboxylic acids is 1. The molecule has 9 heteroatoms. The zero-order chi connectivity index (χ0) is 18.1. The largest absolute Gasteiger partial charge is 0.436 e. The Hall–Kier alpha value is -1.09. The van der Waals surface area contributed by atoms with Crippen molar-refractivity contribution in [2.24, 2.45) is 0 Å². The van der Waals surface area contributed by atoms with Crippen molar-refractivity contribution in [1.82, 2.24) is 19.6 Å². The van der Waals surface area contributed by atoms with E-state index >= 15 is 0 Å². The van der Waals surface area contributed by atoms with Crippen molar-refractivity contribution < 1.29 is 18.0 Å². The maximum absolute atomic E-state index is 13.0. The van der Waals surface area contributed by atoms with Crippen LogP contribution in [0.4, 0.5) is 13.2 Å². The number of piperazine rings is 1. The summed E-state index contributed by atoms with van der Waals surface area (Å²) in [5, 5.41) is 3.63. The molecule has 0 spiro atoms. The Morgan fingerprint density at radius 1 is 1.29 bits per heavy atom. The van der Waals surface area contributed by atoms with Crippen LogP contribution in [0.5, 0.6) is 0 Å². The van der Waals surface area contributed by atoms with E-state index in [4.69, 9.17) is 0 Å². The van der Waals surface area contributed by atoms with Gasteiger partial charge in [-0.05, 0) is 42.7 Å². The van der Waals surface area contributed by atoms with E-state index in [0.29, 0.717) is 18.8 Å². The Labute approximate surface area is 147 Å². The second-order valence-electron chi connectivity index (χ2n) is 6.03. The van der Waals surface area contributed by atoms with Gasteiger partial charge in [0.1, 0.15) is 6.04 Å². The highest BCUT2D eigenvalue weighted by molar-refractivity contribution is 9.10. The fourth-order valence-corrected chi connectivity index (χ4v) is 3.42. The van der Waals surface area contributed by atoms with Crippen LogP contribution < -0.4 is 0 Å². The smallest absolute Gasteiger partial charge is 0.338 e. The lowest BCUT2D eigenvalue weighted by Crippen LogP contribution is -2.50. The van der Waals surface area contributed by atoms with E-state index in [1.165, 1.54) is 6.92 Å². The third-order valence-corrected chi connectivity index (χ3v) is 5.24. The van der Waals surface area contributed by atoms with Gasteiger partial charge in [0.2, 0.25) is 5.91 Å². The van der Waals surface area contributed by atoms with E-state index in [9.17, 15) is 18.0 Å². The molecule has 0 radical (unpaired) electrons. The van der Waals surface area contributed by atoms with Crippen molar-refractivity contribution in [1.29, 1.82) is 0 Å². The molecule has 0 aromatic carbocycles. The molecule has 2 heterocycles. The minimum absolute atomic E-state index is 0.109. The highest BCUT2D eigenvalue weighted by atomic mass is 79.9. The number of amides is 1. The molecule has 0 N–H and O–H groups in total. The lowest BCUT2D eigenvalue weighted by Gasteiger charge is -2.35. The van der Waals surface area contributed by atoms with Crippen molar-refractivity contribution in [3.63, 3.8) is 0 Å². The van der Waals surface area contributed by atoms with Gasteiger partial charge >= 0.3 is 6.18 Å². The zero-order valence-electron chi connectivity index (χ0n) is 14.0. The summed E-state index contributed by atoms with van der Waals surface area (Å²) in [4.78, 5) is 16.6. The Bertz CT molecular complexity index is 594. The van der Waals surface area contributed by atoms with Crippen LogP contribution in [-0.2, 0) is 11.0 Å². The van der Waals surface area contributed by atoms with Crippen molar-refractivity contribution in [3.8, 4) is 0 Å². The molecular formula is C15H22BrF3N4O. The molecule has 0 saturated carbocycles. The zero-order valence-corrected chi connectivity index (χ0v) is 15.6. The molecule has 1 amide bonds. The summed E-state index contributed by atoms with van der Waals surface area (Å²) in [6.07, 6.45) is -3.49. The quantitative estimate of drug-likeness (QED) is 0.765. The lowest BCUT2D eigenvalue weighted by molar-refractivity contribution is -0.143. The number of hydrogen-bond donors (Lipinski definition) is 0. The number of nitrogens with zero attached hydrogens (tertiary/aromatic N) is 4. The predicted molar refractivity (Wildman–Crippen MR) is 87.7 cm³/mol. The average molecular weight is 411 g/mol. The average Bonchev–Trinajstić information content (AvgIpc) is 2.83. The summed E-state index contributed by atoms with van der Waals surface area (Å²) < 4.78 is 40.0. The van der Waals surface area contributed by atoms with E-state index in [1.54, 1.807) is 11.8 Å². The molecular weight excluding hydrogens is 389 g/mol. The van der Waals surface area contributed by atoms with Gasteiger partial charge in [-0.1, -0.05) is 6.92 Å². The van der Waals surface area contributed by atoms with E-state index in [0.717, 1.165) is 30.7 Å². The molecule has 24 heavy (non-hydrogen) atoms. The number of alkyl halides is 3. The minimum Gasteiger partial charge on any atom is -0.338 e. The fraction of sp³-hybridized carbons (Fsp3) is 0.733. The number of rotatable bonds is 4. The SMILES string of the molecule is CCCN1CCN(C(=O)C(C)n2nc(C(F)(F)F)c(Br)c2C)CC1. The number of carbonyl (C=O) groups is 1. The van der Waals surface area contributed by atoms with Crippen molar-refractivity contribution in [3.05, 3.63) is 15.9 Å². The molecule has 1 fully saturated rings. The molecule has 1 aromatic heterocycles. The van der Waals surface area contributed by atoms with Gasteiger partial charge < -0.3 is 4.90 Å². The van der Waals surface area contributed by atoms with E-state index in [2.05, 4.69) is 32.9 Å². The summed E-state index contributed by atoms with van der Waals surface area (Å²) in [6.45, 7) is 8.99. The van der Waals surface area contributed by atoms with Crippen LogP contribution in [0.25, 0.3) is 0 Å². The summed E-state index contributed by atoms with van der Waals surface area (Å²) in [5.41, 5.74) is -0.694. The van der Waals surface area contributed by atoms with Crippen LogP contribution in [0.15, 0.2) is 4.47 Å². The van der Waals surface area contributed by atoms with Crippen LogP contribution in [0.3, 0.4) is 0 Å². The first-order valence-corrected chi connectivity index (χ1v) is 8.79. The predicted octanol–water partition coefficient (Wildman–Crippen LogP) is 3.09. The molecule has 136 valence electrons. The summed E-state index contributed by atoms with van der Waals surface area (Å²) in [7, 11) is 0. The number of aromatic nitrogens is 2. The van der Waals surface area contributed by atoms with Gasteiger partial charge in [-0.2, -0.15) is 18.3 Å². The topological polar surface area (TPSA) is 41.4 Å². The van der Waals surface area contributed by atoms with Crippen LogP contribution in [0.2, 0.25) is 0 Å². The fourth-order valence-electron chi connectivity index (χ4n) is 2.93. The monoisotopic (exact) mass is 410 g/mol. The number of halogens is 4. The first-order chi connectivity index (χ1) is 11.2. The Morgan fingerprint density at radius 3 is 2.33 bits per heavy atom. The molecule has 2 rings (SSSR count). The number of hydrogen-bond acceptors (Lipinski definition) is 3.